The van der Waals surface area contributed by atoms with Crippen LogP contribution < -0.4 is 16.0 Å². The third-order valence-electron chi connectivity index (χ3n) is 5.12. The number of carbonyl (C=O) groups is 4. The number of hydrogen-bond donors (Lipinski definition) is 3. The maximum atomic E-state index is 12.8. The molecule has 0 spiro atoms. The maximum absolute atomic E-state index is 12.8. The van der Waals surface area contributed by atoms with E-state index in [9.17, 15) is 19.2 Å². The van der Waals surface area contributed by atoms with Crippen molar-refractivity contribution < 1.29 is 19.2 Å². The van der Waals surface area contributed by atoms with Crippen LogP contribution in [0.4, 0.5) is 5.69 Å². The second-order valence-electron chi connectivity index (χ2n) is 7.14. The van der Waals surface area contributed by atoms with Gasteiger partial charge in [-0.25, -0.2) is 0 Å². The lowest BCUT2D eigenvalue weighted by molar-refractivity contribution is -0.137. The minimum Gasteiger partial charge on any atom is -0.376 e. The molecule has 1 saturated heterocycles. The third kappa shape index (κ3) is 4.32. The summed E-state index contributed by atoms with van der Waals surface area (Å²) in [6, 6.07) is 4.66. The van der Waals surface area contributed by atoms with Crippen molar-refractivity contribution in [1.29, 1.82) is 0 Å². The van der Waals surface area contributed by atoms with Crippen LogP contribution in [0.3, 0.4) is 0 Å². The quantitative estimate of drug-likeness (QED) is 0.459. The van der Waals surface area contributed by atoms with Crippen LogP contribution in [0.5, 0.6) is 0 Å². The number of imide groups is 1. The van der Waals surface area contributed by atoms with E-state index in [2.05, 4.69) is 22.9 Å². The molecule has 2 aliphatic rings. The van der Waals surface area contributed by atoms with Gasteiger partial charge in [0.2, 0.25) is 17.7 Å². The molecule has 1 aromatic carbocycles. The van der Waals surface area contributed by atoms with Crippen LogP contribution in [0.15, 0.2) is 18.2 Å². The molecule has 150 valence electrons. The Kier molecular flexibility index (Phi) is 6.28. The summed E-state index contributed by atoms with van der Waals surface area (Å²) in [5.74, 6) is -1.06. The van der Waals surface area contributed by atoms with Gasteiger partial charge in [0.25, 0.3) is 5.91 Å². The summed E-state index contributed by atoms with van der Waals surface area (Å²) in [6.07, 6.45) is 3.69. The molecule has 3 rings (SSSR count). The van der Waals surface area contributed by atoms with E-state index in [1.807, 2.05) is 6.07 Å². The van der Waals surface area contributed by atoms with Gasteiger partial charge in [-0.1, -0.05) is 25.8 Å². The number of rotatable bonds is 8. The molecule has 0 aromatic heterocycles. The molecular weight excluding hydrogens is 360 g/mol. The number of nitrogens with one attached hydrogen (secondary N) is 3. The van der Waals surface area contributed by atoms with Gasteiger partial charge < -0.3 is 15.5 Å². The Morgan fingerprint density at radius 2 is 2.07 bits per heavy atom. The van der Waals surface area contributed by atoms with Gasteiger partial charge in [-0.3, -0.25) is 24.5 Å². The van der Waals surface area contributed by atoms with Gasteiger partial charge in [0.1, 0.15) is 6.04 Å². The van der Waals surface area contributed by atoms with Gasteiger partial charge in [0.05, 0.1) is 6.54 Å². The fraction of sp³-hybridized carbons (Fsp3) is 0.500. The van der Waals surface area contributed by atoms with Crippen LogP contribution in [0, 0.1) is 0 Å². The van der Waals surface area contributed by atoms with Crippen LogP contribution in [-0.2, 0) is 20.9 Å². The Labute approximate surface area is 164 Å². The highest BCUT2D eigenvalue weighted by molar-refractivity contribution is 6.06. The largest absolute Gasteiger partial charge is 0.376 e. The molecule has 2 aliphatic heterocycles. The van der Waals surface area contributed by atoms with E-state index in [1.165, 1.54) is 4.90 Å². The summed E-state index contributed by atoms with van der Waals surface area (Å²) in [5.41, 5.74) is 2.01. The summed E-state index contributed by atoms with van der Waals surface area (Å²) in [6.45, 7) is 3.17. The average Bonchev–Trinajstić information content (AvgIpc) is 3.01. The average molecular weight is 386 g/mol. The number of anilines is 1. The van der Waals surface area contributed by atoms with Gasteiger partial charge in [-0.15, -0.1) is 0 Å². The maximum Gasteiger partial charge on any atom is 0.255 e. The lowest BCUT2D eigenvalue weighted by atomic mass is 10.0. The molecular formula is C20H26N4O4. The molecule has 28 heavy (non-hydrogen) atoms. The summed E-state index contributed by atoms with van der Waals surface area (Å²) in [5, 5.41) is 8.27. The summed E-state index contributed by atoms with van der Waals surface area (Å²) < 4.78 is 0. The second-order valence-corrected chi connectivity index (χ2v) is 7.14. The Hall–Kier alpha value is -2.90. The van der Waals surface area contributed by atoms with Crippen molar-refractivity contribution in [2.45, 2.75) is 51.6 Å². The topological polar surface area (TPSA) is 108 Å². The SMILES string of the molecule is CCCCCNC(=O)CNc1cccc2c1CN(C1CCC(=O)NC1=O)C2=O. The first-order valence-corrected chi connectivity index (χ1v) is 9.78. The first kappa shape index (κ1) is 19.9. The van der Waals surface area contributed by atoms with Gasteiger partial charge in [-0.05, 0) is 25.0 Å². The molecule has 2 heterocycles. The number of piperidine rings is 1. The van der Waals surface area contributed by atoms with Crippen molar-refractivity contribution >= 4 is 29.3 Å². The molecule has 3 N–H and O–H groups in total. The summed E-state index contributed by atoms with van der Waals surface area (Å²) in [7, 11) is 0. The highest BCUT2D eigenvalue weighted by Gasteiger charge is 2.39. The van der Waals surface area contributed by atoms with Crippen LogP contribution in [0.2, 0.25) is 0 Å². The molecule has 4 amide bonds. The number of amides is 4. The lowest BCUT2D eigenvalue weighted by Crippen LogP contribution is -2.52. The van der Waals surface area contributed by atoms with E-state index in [0.717, 1.165) is 24.8 Å². The van der Waals surface area contributed by atoms with E-state index in [1.54, 1.807) is 12.1 Å². The number of fused-ring (bicyclic) bond motifs is 1. The predicted octanol–water partition coefficient (Wildman–Crippen LogP) is 1.17. The molecule has 8 nitrogen and oxygen atoms in total. The zero-order valence-corrected chi connectivity index (χ0v) is 16.0. The summed E-state index contributed by atoms with van der Waals surface area (Å²) in [4.78, 5) is 49.8. The fourth-order valence-corrected chi connectivity index (χ4v) is 3.59. The number of unbranched alkanes of at least 4 members (excludes halogenated alkanes) is 2. The van der Waals surface area contributed by atoms with Crippen LogP contribution in [0.1, 0.15) is 54.9 Å². The summed E-state index contributed by atoms with van der Waals surface area (Å²) >= 11 is 0. The smallest absolute Gasteiger partial charge is 0.255 e. The molecule has 1 fully saturated rings. The van der Waals surface area contributed by atoms with E-state index in [-0.39, 0.29) is 37.2 Å². The standard InChI is InChI=1S/C20H26N4O4/c1-2-3-4-10-21-18(26)11-22-15-7-5-6-13-14(15)12-24(20(13)28)16-8-9-17(25)23-19(16)27/h5-7,16,22H,2-4,8-12H2,1H3,(H,21,26)(H,23,25,27). The Morgan fingerprint density at radius 3 is 2.82 bits per heavy atom. The molecule has 1 aromatic rings. The van der Waals surface area contributed by atoms with Crippen LogP contribution in [0.25, 0.3) is 0 Å². The highest BCUT2D eigenvalue weighted by atomic mass is 16.2. The number of nitrogens with zero attached hydrogens (tertiary/aromatic N) is 1. The molecule has 1 unspecified atom stereocenters. The monoisotopic (exact) mass is 386 g/mol. The van der Waals surface area contributed by atoms with Gasteiger partial charge >= 0.3 is 0 Å². The van der Waals surface area contributed by atoms with Gasteiger partial charge in [0.15, 0.2) is 0 Å². The first-order valence-electron chi connectivity index (χ1n) is 9.78. The molecule has 0 aliphatic carbocycles. The molecule has 0 bridgehead atoms. The van der Waals surface area contributed by atoms with Crippen molar-refractivity contribution in [3.05, 3.63) is 29.3 Å². The van der Waals surface area contributed by atoms with Crippen molar-refractivity contribution in [2.75, 3.05) is 18.4 Å². The zero-order chi connectivity index (χ0) is 20.1. The third-order valence-corrected chi connectivity index (χ3v) is 5.12. The van der Waals surface area contributed by atoms with Gasteiger partial charge in [0, 0.05) is 36.3 Å². The molecule has 0 saturated carbocycles. The van der Waals surface area contributed by atoms with E-state index >= 15 is 0 Å². The molecule has 0 radical (unpaired) electrons. The molecule has 8 heteroatoms. The first-order chi connectivity index (χ1) is 13.5. The van der Waals surface area contributed by atoms with Crippen LogP contribution in [-0.4, -0.2) is 47.7 Å². The van der Waals surface area contributed by atoms with Crippen molar-refractivity contribution in [2.24, 2.45) is 0 Å². The van der Waals surface area contributed by atoms with Crippen molar-refractivity contribution in [3.8, 4) is 0 Å². The van der Waals surface area contributed by atoms with E-state index < -0.39 is 11.9 Å². The lowest BCUT2D eigenvalue weighted by Gasteiger charge is -2.29. The normalized spacial score (nSPS) is 18.7. The predicted molar refractivity (Wildman–Crippen MR) is 104 cm³/mol. The molecule has 1 atom stereocenters. The van der Waals surface area contributed by atoms with E-state index in [0.29, 0.717) is 24.2 Å². The second kappa shape index (κ2) is 8.86. The Morgan fingerprint density at radius 1 is 1.25 bits per heavy atom. The highest BCUT2D eigenvalue weighted by Crippen LogP contribution is 2.32. The van der Waals surface area contributed by atoms with Gasteiger partial charge in [-0.2, -0.15) is 0 Å². The van der Waals surface area contributed by atoms with E-state index in [4.69, 9.17) is 0 Å². The van der Waals surface area contributed by atoms with Crippen LogP contribution >= 0.6 is 0 Å². The number of carbonyl (C=O) groups excluding carboxylic acids is 4. The van der Waals surface area contributed by atoms with Crippen molar-refractivity contribution in [1.82, 2.24) is 15.5 Å². The Bertz CT molecular complexity index is 792. The number of hydrogen-bond acceptors (Lipinski definition) is 5. The Balaban J connectivity index is 1.63. The zero-order valence-electron chi connectivity index (χ0n) is 16.0. The minimum absolute atomic E-state index is 0.0972. The van der Waals surface area contributed by atoms with Crippen molar-refractivity contribution in [3.63, 3.8) is 0 Å². The fourth-order valence-electron chi connectivity index (χ4n) is 3.59. The minimum atomic E-state index is -0.646. The number of benzene rings is 1.